The van der Waals surface area contributed by atoms with E-state index in [1.165, 1.54) is 30.5 Å². The first-order valence-corrected chi connectivity index (χ1v) is 11.4. The van der Waals surface area contributed by atoms with Crippen LogP contribution in [0, 0.1) is 0 Å². The van der Waals surface area contributed by atoms with Gasteiger partial charge in [-0.05, 0) is 37.5 Å². The lowest BCUT2D eigenvalue weighted by atomic mass is 10.0. The van der Waals surface area contributed by atoms with E-state index in [1.54, 1.807) is 10.9 Å². The molecule has 4 rings (SSSR count). The number of fused-ring (bicyclic) bond motifs is 1. The number of amides is 1. The van der Waals surface area contributed by atoms with Crippen molar-refractivity contribution in [2.75, 3.05) is 18.5 Å². The van der Waals surface area contributed by atoms with Gasteiger partial charge < -0.3 is 15.4 Å². The number of benzene rings is 1. The number of hydrogen-bond donors (Lipinski definition) is 2. The largest absolute Gasteiger partial charge is 0.412 e. The van der Waals surface area contributed by atoms with Gasteiger partial charge in [0.2, 0.25) is 0 Å². The Kier molecular flexibility index (Phi) is 6.89. The summed E-state index contributed by atoms with van der Waals surface area (Å²) in [4.78, 5) is 17.5. The van der Waals surface area contributed by atoms with Gasteiger partial charge in [-0.25, -0.2) is 9.67 Å². The second kappa shape index (κ2) is 9.68. The normalized spacial score (nSPS) is 16.0. The van der Waals surface area contributed by atoms with Gasteiger partial charge in [0.05, 0.1) is 22.8 Å². The Balaban J connectivity index is 1.71. The first kappa shape index (κ1) is 23.5. The average Bonchev–Trinajstić information content (AvgIpc) is 3.22. The molecule has 0 bridgehead atoms. The van der Waals surface area contributed by atoms with Crippen molar-refractivity contribution < 1.29 is 22.7 Å². The van der Waals surface area contributed by atoms with Gasteiger partial charge in [0.15, 0.2) is 11.7 Å². The van der Waals surface area contributed by atoms with Gasteiger partial charge >= 0.3 is 6.18 Å². The molecule has 2 aromatic heterocycles. The van der Waals surface area contributed by atoms with E-state index in [9.17, 15) is 18.0 Å². The summed E-state index contributed by atoms with van der Waals surface area (Å²) < 4.78 is 49.3. The number of ether oxygens (including phenoxy) is 1. The summed E-state index contributed by atoms with van der Waals surface area (Å²) in [5.74, 6) is -0.867. The van der Waals surface area contributed by atoms with Crippen LogP contribution in [0.2, 0.25) is 0 Å². The SMILES string of the molecule is CCn1ncc2c(NC3CCOCC3)c(C(=O)NC(c3ccc(Br)cc3)C(F)(F)F)cnc21. The molecule has 0 aliphatic carbocycles. The van der Waals surface area contributed by atoms with Gasteiger partial charge in [0.1, 0.15) is 0 Å². The molecule has 1 aliphatic heterocycles. The maximum atomic E-state index is 13.9. The zero-order valence-corrected chi connectivity index (χ0v) is 19.4. The second-order valence-electron chi connectivity index (χ2n) is 7.78. The average molecular weight is 526 g/mol. The first-order valence-electron chi connectivity index (χ1n) is 10.6. The van der Waals surface area contributed by atoms with Gasteiger partial charge in [0, 0.05) is 36.5 Å². The minimum Gasteiger partial charge on any atom is -0.381 e. The molecule has 1 atom stereocenters. The van der Waals surface area contributed by atoms with E-state index >= 15 is 0 Å². The van der Waals surface area contributed by atoms with Crippen LogP contribution in [0.1, 0.15) is 41.7 Å². The predicted octanol–water partition coefficient (Wildman–Crippen LogP) is 4.84. The fourth-order valence-corrected chi connectivity index (χ4v) is 4.11. The lowest BCUT2D eigenvalue weighted by Gasteiger charge is -2.26. The molecule has 1 amide bonds. The minimum absolute atomic E-state index is 0.0192. The summed E-state index contributed by atoms with van der Waals surface area (Å²) in [6.45, 7) is 3.62. The smallest absolute Gasteiger partial charge is 0.381 e. The number of rotatable bonds is 6. The van der Waals surface area contributed by atoms with E-state index < -0.39 is 18.1 Å². The summed E-state index contributed by atoms with van der Waals surface area (Å²) in [7, 11) is 0. The molecular formula is C22H23BrF3N5O2. The highest BCUT2D eigenvalue weighted by Gasteiger charge is 2.42. The van der Waals surface area contributed by atoms with Gasteiger partial charge in [-0.3, -0.25) is 4.79 Å². The third-order valence-electron chi connectivity index (χ3n) is 5.59. The Morgan fingerprint density at radius 2 is 1.94 bits per heavy atom. The fraction of sp³-hybridized carbons (Fsp3) is 0.409. The molecule has 0 spiro atoms. The highest BCUT2D eigenvalue weighted by atomic mass is 79.9. The van der Waals surface area contributed by atoms with Crippen molar-refractivity contribution in [3.05, 3.63) is 52.3 Å². The van der Waals surface area contributed by atoms with E-state index in [-0.39, 0.29) is 17.2 Å². The molecule has 1 saturated heterocycles. The molecule has 0 radical (unpaired) electrons. The number of nitrogens with zero attached hydrogens (tertiary/aromatic N) is 3. The van der Waals surface area contributed by atoms with Crippen LogP contribution in [-0.4, -0.2) is 46.1 Å². The summed E-state index contributed by atoms with van der Waals surface area (Å²) in [6.07, 6.45) is -0.349. The zero-order valence-electron chi connectivity index (χ0n) is 17.8. The Morgan fingerprint density at radius 1 is 1.24 bits per heavy atom. The summed E-state index contributed by atoms with van der Waals surface area (Å²) >= 11 is 3.22. The Morgan fingerprint density at radius 3 is 2.58 bits per heavy atom. The van der Waals surface area contributed by atoms with Crippen LogP contribution in [0.3, 0.4) is 0 Å². The van der Waals surface area contributed by atoms with E-state index in [2.05, 4.69) is 36.6 Å². The molecule has 1 unspecified atom stereocenters. The zero-order chi connectivity index (χ0) is 23.6. The third-order valence-corrected chi connectivity index (χ3v) is 6.11. The van der Waals surface area contributed by atoms with Crippen molar-refractivity contribution in [3.63, 3.8) is 0 Å². The molecular weight excluding hydrogens is 503 g/mol. The quantitative estimate of drug-likeness (QED) is 0.481. The number of nitrogens with one attached hydrogen (secondary N) is 2. The van der Waals surface area contributed by atoms with Crippen molar-refractivity contribution in [3.8, 4) is 0 Å². The number of halogens is 4. The molecule has 0 saturated carbocycles. The van der Waals surface area contributed by atoms with Crippen LogP contribution in [0.15, 0.2) is 41.1 Å². The molecule has 3 aromatic rings. The van der Waals surface area contributed by atoms with Crippen LogP contribution in [-0.2, 0) is 11.3 Å². The summed E-state index contributed by atoms with van der Waals surface area (Å²) in [6, 6.07) is 3.53. The highest BCUT2D eigenvalue weighted by molar-refractivity contribution is 9.10. The molecule has 7 nitrogen and oxygen atoms in total. The van der Waals surface area contributed by atoms with Crippen LogP contribution < -0.4 is 10.6 Å². The molecule has 33 heavy (non-hydrogen) atoms. The highest BCUT2D eigenvalue weighted by Crippen LogP contribution is 2.35. The van der Waals surface area contributed by atoms with Crippen molar-refractivity contribution in [2.45, 2.75) is 44.6 Å². The van der Waals surface area contributed by atoms with Gasteiger partial charge in [-0.15, -0.1) is 0 Å². The Bertz CT molecular complexity index is 1130. The van der Waals surface area contributed by atoms with E-state index in [4.69, 9.17) is 4.74 Å². The van der Waals surface area contributed by atoms with Crippen LogP contribution in [0.4, 0.5) is 18.9 Å². The van der Waals surface area contributed by atoms with Crippen molar-refractivity contribution in [1.29, 1.82) is 0 Å². The number of carbonyl (C=O) groups is 1. The lowest BCUT2D eigenvalue weighted by molar-refractivity contribution is -0.155. The number of hydrogen-bond acceptors (Lipinski definition) is 5. The van der Waals surface area contributed by atoms with Gasteiger partial charge in [0.25, 0.3) is 5.91 Å². The first-order chi connectivity index (χ1) is 15.8. The van der Waals surface area contributed by atoms with Crippen molar-refractivity contribution in [1.82, 2.24) is 20.1 Å². The number of pyridine rings is 1. The second-order valence-corrected chi connectivity index (χ2v) is 8.69. The maximum absolute atomic E-state index is 13.9. The molecule has 176 valence electrons. The Labute approximate surface area is 196 Å². The molecule has 11 heteroatoms. The summed E-state index contributed by atoms with van der Waals surface area (Å²) in [5, 5.41) is 10.4. The number of carbonyl (C=O) groups excluding carboxylic acids is 1. The topological polar surface area (TPSA) is 81.1 Å². The van der Waals surface area contributed by atoms with Crippen molar-refractivity contribution >= 4 is 38.6 Å². The maximum Gasteiger partial charge on any atom is 0.412 e. The predicted molar refractivity (Wildman–Crippen MR) is 121 cm³/mol. The number of aryl methyl sites for hydroxylation is 1. The van der Waals surface area contributed by atoms with E-state index in [0.29, 0.717) is 41.0 Å². The molecule has 1 fully saturated rings. The Hall–Kier alpha value is -2.66. The molecule has 1 aliphatic rings. The minimum atomic E-state index is -4.68. The standard InChI is InChI=1S/C22H23BrF3N5O2/c1-2-31-20-16(12-28-31)18(29-15-7-9-33-10-8-15)17(11-27-20)21(32)30-19(22(24,25)26)13-3-5-14(23)6-4-13/h3-6,11-12,15,19H,2,7-10H2,1H3,(H,27,29)(H,30,32). The molecule has 1 aromatic carbocycles. The van der Waals surface area contributed by atoms with E-state index in [1.807, 2.05) is 6.92 Å². The lowest BCUT2D eigenvalue weighted by Crippen LogP contribution is -2.38. The number of alkyl halides is 3. The van der Waals surface area contributed by atoms with Crippen LogP contribution in [0.25, 0.3) is 11.0 Å². The third kappa shape index (κ3) is 5.14. The van der Waals surface area contributed by atoms with Crippen molar-refractivity contribution in [2.24, 2.45) is 0 Å². The number of aromatic nitrogens is 3. The van der Waals surface area contributed by atoms with Crippen LogP contribution in [0.5, 0.6) is 0 Å². The number of anilines is 1. The molecule has 2 N–H and O–H groups in total. The molecule has 3 heterocycles. The fourth-order valence-electron chi connectivity index (χ4n) is 3.85. The summed E-state index contributed by atoms with van der Waals surface area (Å²) in [5.41, 5.74) is 0.964. The monoisotopic (exact) mass is 525 g/mol. The van der Waals surface area contributed by atoms with Gasteiger partial charge in [-0.1, -0.05) is 28.1 Å². The van der Waals surface area contributed by atoms with E-state index in [0.717, 1.165) is 12.8 Å². The van der Waals surface area contributed by atoms with Gasteiger partial charge in [-0.2, -0.15) is 18.3 Å². The van der Waals surface area contributed by atoms with Crippen LogP contribution >= 0.6 is 15.9 Å².